The normalized spacial score (nSPS) is 16.1. The van der Waals surface area contributed by atoms with Crippen molar-refractivity contribution < 1.29 is 38.3 Å². The monoisotopic (exact) mass is 952 g/mol. The Morgan fingerprint density at radius 3 is 1.85 bits per heavy atom. The Kier molecular flexibility index (Phi) is 14.4. The van der Waals surface area contributed by atoms with Crippen molar-refractivity contribution in [2.45, 2.75) is 43.9 Å². The SMILES string of the molecule is CC(C)(C)OC(=O)CO/N=C(/C(=O)NC1C(=O)N2C(C(=O)OC(c3ccccc3)c3ccccc3)=C(C[P+](c3ccccc3)(c3ccccc3)c3ccccc3)CSC12)c1csc(NC=O)n1. The maximum atomic E-state index is 15.3. The number of amides is 3. The van der Waals surface area contributed by atoms with Gasteiger partial charge in [-0.25, -0.2) is 14.6 Å². The van der Waals surface area contributed by atoms with Gasteiger partial charge in [-0.2, -0.15) is 0 Å². The van der Waals surface area contributed by atoms with Gasteiger partial charge in [0, 0.05) is 16.7 Å². The molecule has 0 aliphatic carbocycles. The molecule has 0 spiro atoms. The van der Waals surface area contributed by atoms with Crippen LogP contribution in [-0.2, 0) is 38.3 Å². The van der Waals surface area contributed by atoms with Gasteiger partial charge in [0.15, 0.2) is 16.9 Å². The number of β-lactam (4-membered cyclic amide) rings is 1. The van der Waals surface area contributed by atoms with Crippen LogP contribution in [0.15, 0.2) is 173 Å². The highest BCUT2D eigenvalue weighted by Crippen LogP contribution is 2.58. The average molecular weight is 953 g/mol. The van der Waals surface area contributed by atoms with Crippen LogP contribution in [0, 0.1) is 0 Å². The minimum absolute atomic E-state index is 0.0262. The molecule has 6 aromatic rings. The van der Waals surface area contributed by atoms with E-state index in [-0.39, 0.29) is 22.2 Å². The number of thiazole rings is 1. The third-order valence-corrected chi connectivity index (χ3v) is 17.4. The molecule has 340 valence electrons. The number of fused-ring (bicyclic) bond motifs is 1. The van der Waals surface area contributed by atoms with Crippen molar-refractivity contribution in [1.29, 1.82) is 0 Å². The molecule has 1 fully saturated rings. The predicted octanol–water partition coefficient (Wildman–Crippen LogP) is 6.75. The van der Waals surface area contributed by atoms with Gasteiger partial charge >= 0.3 is 11.9 Å². The number of nitrogens with zero attached hydrogens (tertiary/aromatic N) is 3. The summed E-state index contributed by atoms with van der Waals surface area (Å²) in [6.45, 7) is 4.49. The molecule has 2 aliphatic heterocycles. The maximum absolute atomic E-state index is 15.3. The van der Waals surface area contributed by atoms with Crippen molar-refractivity contribution in [2.75, 3.05) is 23.8 Å². The van der Waals surface area contributed by atoms with Crippen molar-refractivity contribution >= 4 is 87.3 Å². The summed E-state index contributed by atoms with van der Waals surface area (Å²) in [5.74, 6) is -2.44. The molecular weight excluding hydrogens is 906 g/mol. The topological polar surface area (TPSA) is 166 Å². The molecule has 2 aliphatic rings. The summed E-state index contributed by atoms with van der Waals surface area (Å²) >= 11 is 2.46. The van der Waals surface area contributed by atoms with Gasteiger partial charge in [-0.05, 0) is 68.3 Å². The number of ether oxygens (including phenoxy) is 2. The Bertz CT molecular complexity index is 2650. The number of benzene rings is 5. The molecule has 2 unspecified atom stereocenters. The van der Waals surface area contributed by atoms with Crippen molar-refractivity contribution in [3.05, 3.63) is 185 Å². The third-order valence-electron chi connectivity index (χ3n) is 10.9. The second kappa shape index (κ2) is 20.7. The molecule has 3 amide bonds. The van der Waals surface area contributed by atoms with Crippen LogP contribution in [0.2, 0.25) is 0 Å². The number of oxime groups is 1. The van der Waals surface area contributed by atoms with E-state index in [0.29, 0.717) is 18.3 Å². The molecule has 1 aromatic heterocycles. The second-order valence-corrected chi connectivity index (χ2v) is 21.9. The molecule has 3 heterocycles. The first kappa shape index (κ1) is 46.6. The molecule has 5 aromatic carbocycles. The number of aromatic nitrogens is 1. The molecule has 16 heteroatoms. The van der Waals surface area contributed by atoms with Gasteiger partial charge in [0.2, 0.25) is 13.0 Å². The Labute approximate surface area is 397 Å². The quantitative estimate of drug-likeness (QED) is 0.0250. The lowest BCUT2D eigenvalue weighted by molar-refractivity contribution is -0.160. The average Bonchev–Trinajstić information content (AvgIpc) is 3.81. The Balaban J connectivity index is 1.19. The third kappa shape index (κ3) is 10.4. The number of anilines is 1. The highest BCUT2D eigenvalue weighted by Gasteiger charge is 2.57. The maximum Gasteiger partial charge on any atom is 0.356 e. The summed E-state index contributed by atoms with van der Waals surface area (Å²) in [7, 11) is -2.59. The van der Waals surface area contributed by atoms with Gasteiger partial charge in [-0.3, -0.25) is 19.3 Å². The van der Waals surface area contributed by atoms with Crippen LogP contribution in [0.25, 0.3) is 0 Å². The van der Waals surface area contributed by atoms with E-state index < -0.39 is 60.7 Å². The number of hydrogen-bond acceptors (Lipinski definition) is 12. The number of hydrogen-bond donors (Lipinski definition) is 2. The van der Waals surface area contributed by atoms with E-state index in [2.05, 4.69) is 57.2 Å². The van der Waals surface area contributed by atoms with E-state index in [4.69, 9.17) is 14.3 Å². The van der Waals surface area contributed by atoms with Crippen LogP contribution < -0.4 is 26.5 Å². The molecule has 67 heavy (non-hydrogen) atoms. The minimum atomic E-state index is -2.59. The Hall–Kier alpha value is -6.93. The summed E-state index contributed by atoms with van der Waals surface area (Å²) in [6, 6.07) is 48.6. The summed E-state index contributed by atoms with van der Waals surface area (Å²) in [6.07, 6.45) is 0.0409. The van der Waals surface area contributed by atoms with Crippen LogP contribution >= 0.6 is 30.4 Å². The standard InChI is InChI=1S/C51H46N5O8PS2/c1-51(2,3)64-41(58)29-62-55-42(40-32-67-50(53-40)52-33-57)46(59)54-43-47(60)56-44(49(61)63-45(34-19-9-4-10-20-34)35-21-11-5-12-22-35)36(31-66-48(43)56)30-65(37-23-13-6-14-24-37,38-25-15-7-16-26-38)39-27-17-8-18-28-39/h4-28,32-33,43,45,48H,29-31H2,1-3H3,(H-,52,53,54,57,59)/p+1/b55-42+. The number of nitrogens with one attached hydrogen (secondary N) is 2. The van der Waals surface area contributed by atoms with Crippen LogP contribution in [0.5, 0.6) is 0 Å². The molecule has 2 N–H and O–H groups in total. The number of rotatable bonds is 17. The summed E-state index contributed by atoms with van der Waals surface area (Å²) in [5, 5.41) is 13.4. The molecule has 0 saturated carbocycles. The van der Waals surface area contributed by atoms with Crippen molar-refractivity contribution in [1.82, 2.24) is 15.2 Å². The largest absolute Gasteiger partial charge is 0.457 e. The van der Waals surface area contributed by atoms with E-state index in [0.717, 1.165) is 44.0 Å². The van der Waals surface area contributed by atoms with E-state index in [9.17, 15) is 19.2 Å². The fourth-order valence-electron chi connectivity index (χ4n) is 8.03. The predicted molar refractivity (Wildman–Crippen MR) is 263 cm³/mol. The van der Waals surface area contributed by atoms with Crippen molar-refractivity contribution in [3.63, 3.8) is 0 Å². The number of esters is 2. The molecular formula is C51H47N5O8PS2+. The molecule has 0 radical (unpaired) electrons. The van der Waals surface area contributed by atoms with Crippen LogP contribution in [-0.4, -0.2) is 81.3 Å². The number of thioether (sulfide) groups is 1. The Morgan fingerprint density at radius 2 is 1.34 bits per heavy atom. The van der Waals surface area contributed by atoms with Crippen LogP contribution in [0.1, 0.15) is 43.7 Å². The van der Waals surface area contributed by atoms with Gasteiger partial charge in [0.25, 0.3) is 11.8 Å². The summed E-state index contributed by atoms with van der Waals surface area (Å²) in [4.78, 5) is 78.9. The van der Waals surface area contributed by atoms with Crippen molar-refractivity contribution in [2.24, 2.45) is 5.16 Å². The van der Waals surface area contributed by atoms with E-state index in [1.165, 1.54) is 22.0 Å². The van der Waals surface area contributed by atoms with E-state index in [1.807, 2.05) is 115 Å². The summed E-state index contributed by atoms with van der Waals surface area (Å²) < 4.78 is 11.9. The van der Waals surface area contributed by atoms with E-state index in [1.54, 1.807) is 20.8 Å². The first-order chi connectivity index (χ1) is 32.5. The second-order valence-electron chi connectivity index (χ2n) is 16.5. The lowest BCUT2D eigenvalue weighted by Gasteiger charge is -2.50. The van der Waals surface area contributed by atoms with Gasteiger partial charge in [-0.1, -0.05) is 120 Å². The summed E-state index contributed by atoms with van der Waals surface area (Å²) in [5.41, 5.74) is 1.24. The van der Waals surface area contributed by atoms with Gasteiger partial charge < -0.3 is 24.9 Å². The molecule has 8 rings (SSSR count). The lowest BCUT2D eigenvalue weighted by atomic mass is 10.0. The van der Waals surface area contributed by atoms with Crippen LogP contribution in [0.3, 0.4) is 0 Å². The van der Waals surface area contributed by atoms with Gasteiger partial charge in [0.1, 0.15) is 51.6 Å². The van der Waals surface area contributed by atoms with Crippen molar-refractivity contribution in [3.8, 4) is 0 Å². The van der Waals surface area contributed by atoms with Gasteiger partial charge in [0.05, 0.1) is 6.16 Å². The highest BCUT2D eigenvalue weighted by atomic mass is 32.2. The number of carbonyl (C=O) groups excluding carboxylic acids is 5. The zero-order valence-corrected chi connectivity index (χ0v) is 39.3. The first-order valence-corrected chi connectivity index (χ1v) is 25.3. The minimum Gasteiger partial charge on any atom is -0.457 e. The molecule has 1 saturated heterocycles. The zero-order chi connectivity index (χ0) is 47.0. The highest BCUT2D eigenvalue weighted by molar-refractivity contribution is 8.00. The molecule has 2 atom stereocenters. The Morgan fingerprint density at radius 1 is 0.821 bits per heavy atom. The smallest absolute Gasteiger partial charge is 0.356 e. The number of carbonyl (C=O) groups is 5. The fourth-order valence-corrected chi connectivity index (χ4v) is 14.5. The molecule has 0 bridgehead atoms. The fraction of sp³-hybridized carbons (Fsp3) is 0.196. The molecule has 13 nitrogen and oxygen atoms in total. The first-order valence-electron chi connectivity index (χ1n) is 21.4. The van der Waals surface area contributed by atoms with Gasteiger partial charge in [-0.15, -0.1) is 23.1 Å². The van der Waals surface area contributed by atoms with Crippen LogP contribution in [0.4, 0.5) is 5.13 Å². The van der Waals surface area contributed by atoms with E-state index >= 15 is 4.79 Å². The zero-order valence-electron chi connectivity index (χ0n) is 36.8. The lowest BCUT2D eigenvalue weighted by Crippen LogP contribution is -2.71.